The van der Waals surface area contributed by atoms with E-state index in [1.165, 1.54) is 263 Å². The van der Waals surface area contributed by atoms with E-state index in [0.29, 0.717) is 19.3 Å². The smallest absolute Gasteiger partial charge is 0.306 e. The largest absolute Gasteiger partial charge is 0.462 e. The lowest BCUT2D eigenvalue weighted by Gasteiger charge is -2.18. The monoisotopic (exact) mass is 1130 g/mol. The minimum absolute atomic E-state index is 0.0704. The molecule has 0 saturated carbocycles. The Morgan fingerprint density at radius 1 is 0.247 bits per heavy atom. The van der Waals surface area contributed by atoms with Gasteiger partial charge in [-0.3, -0.25) is 14.4 Å². The number of ether oxygens (including phenoxy) is 3. The van der Waals surface area contributed by atoms with E-state index in [4.69, 9.17) is 14.2 Å². The highest BCUT2D eigenvalue weighted by atomic mass is 16.6. The maximum absolute atomic E-state index is 12.9. The average molecular weight is 1130 g/mol. The zero-order valence-corrected chi connectivity index (χ0v) is 54.3. The lowest BCUT2D eigenvalue weighted by molar-refractivity contribution is -0.167. The van der Waals surface area contributed by atoms with Crippen molar-refractivity contribution in [2.24, 2.45) is 0 Å². The van der Waals surface area contributed by atoms with Gasteiger partial charge in [0.2, 0.25) is 0 Å². The molecule has 0 rings (SSSR count). The van der Waals surface area contributed by atoms with E-state index < -0.39 is 6.10 Å². The molecule has 81 heavy (non-hydrogen) atoms. The summed E-state index contributed by atoms with van der Waals surface area (Å²) in [6, 6.07) is 0. The number of carbonyl (C=O) groups is 3. The summed E-state index contributed by atoms with van der Waals surface area (Å²) < 4.78 is 17.0. The summed E-state index contributed by atoms with van der Waals surface area (Å²) in [5, 5.41) is 0. The van der Waals surface area contributed by atoms with Gasteiger partial charge < -0.3 is 14.2 Å². The van der Waals surface area contributed by atoms with Gasteiger partial charge in [-0.15, -0.1) is 0 Å². The van der Waals surface area contributed by atoms with Crippen LogP contribution in [0.2, 0.25) is 0 Å². The van der Waals surface area contributed by atoms with E-state index in [0.717, 1.165) is 77.0 Å². The zero-order valence-electron chi connectivity index (χ0n) is 54.3. The molecule has 0 radical (unpaired) electrons. The van der Waals surface area contributed by atoms with Gasteiger partial charge in [0.1, 0.15) is 13.2 Å². The third-order valence-corrected chi connectivity index (χ3v) is 16.0. The Kier molecular flexibility index (Phi) is 67.1. The fourth-order valence-electron chi connectivity index (χ4n) is 10.6. The Balaban J connectivity index is 4.20. The lowest BCUT2D eigenvalue weighted by Crippen LogP contribution is -2.30. The summed E-state index contributed by atoms with van der Waals surface area (Å²) in [4.78, 5) is 38.4. The van der Waals surface area contributed by atoms with Crippen molar-refractivity contribution in [1.82, 2.24) is 0 Å². The summed E-state index contributed by atoms with van der Waals surface area (Å²) in [6.07, 6.45) is 89.7. The van der Waals surface area contributed by atoms with Crippen LogP contribution in [0.4, 0.5) is 0 Å². The summed E-state index contributed by atoms with van der Waals surface area (Å²) in [5.41, 5.74) is 0. The van der Waals surface area contributed by atoms with Crippen LogP contribution in [0, 0.1) is 0 Å². The van der Waals surface area contributed by atoms with Gasteiger partial charge in [0.25, 0.3) is 0 Å². The number of rotatable bonds is 66. The molecule has 0 heterocycles. The Labute approximate surface area is 504 Å². The molecule has 0 bridgehead atoms. The van der Waals surface area contributed by atoms with Crippen LogP contribution < -0.4 is 0 Å². The van der Waals surface area contributed by atoms with Crippen LogP contribution in [0.5, 0.6) is 0 Å². The Hall–Kier alpha value is -2.89. The molecular formula is C75H136O6. The summed E-state index contributed by atoms with van der Waals surface area (Å²) in [6.45, 7) is 6.67. The first-order valence-electron chi connectivity index (χ1n) is 35.8. The molecule has 1 unspecified atom stereocenters. The van der Waals surface area contributed by atoms with Crippen molar-refractivity contribution < 1.29 is 28.6 Å². The Morgan fingerprint density at radius 2 is 0.444 bits per heavy atom. The van der Waals surface area contributed by atoms with Gasteiger partial charge in [-0.1, -0.05) is 332 Å². The Morgan fingerprint density at radius 3 is 0.691 bits per heavy atom. The fraction of sp³-hybridized carbons (Fsp3) is 0.827. The molecular weight excluding hydrogens is 997 g/mol. The van der Waals surface area contributed by atoms with Gasteiger partial charge in [0.05, 0.1) is 0 Å². The van der Waals surface area contributed by atoms with E-state index in [-0.39, 0.29) is 31.1 Å². The van der Waals surface area contributed by atoms with E-state index in [1.54, 1.807) is 0 Å². The van der Waals surface area contributed by atoms with Crippen molar-refractivity contribution in [2.45, 2.75) is 386 Å². The molecule has 0 amide bonds. The molecule has 0 fully saturated rings. The SMILES string of the molecule is CCCCCCC/C=C\C/C=C\C/C=C\CCCCCCCCCCCCCCC(=O)OCC(COC(=O)CCCCCCCCCCCCC)OC(=O)CCCCCCCCCCCCCCC/C=C\C/C=C\CCCCCCC. The highest BCUT2D eigenvalue weighted by Crippen LogP contribution is 2.18. The van der Waals surface area contributed by atoms with E-state index in [1.807, 2.05) is 0 Å². The molecule has 0 N–H and O–H groups in total. The predicted octanol–water partition coefficient (Wildman–Crippen LogP) is 24.7. The number of hydrogen-bond acceptors (Lipinski definition) is 6. The van der Waals surface area contributed by atoms with E-state index in [9.17, 15) is 14.4 Å². The molecule has 0 aromatic heterocycles. The van der Waals surface area contributed by atoms with Crippen molar-refractivity contribution in [3.8, 4) is 0 Å². The molecule has 472 valence electrons. The van der Waals surface area contributed by atoms with Gasteiger partial charge in [-0.05, 0) is 89.9 Å². The molecule has 0 aliphatic heterocycles. The maximum atomic E-state index is 12.9. The van der Waals surface area contributed by atoms with Crippen LogP contribution in [0.15, 0.2) is 60.8 Å². The second-order valence-electron chi connectivity index (χ2n) is 24.1. The average Bonchev–Trinajstić information content (AvgIpc) is 3.47. The topological polar surface area (TPSA) is 78.9 Å². The van der Waals surface area contributed by atoms with Gasteiger partial charge in [0, 0.05) is 19.3 Å². The lowest BCUT2D eigenvalue weighted by atomic mass is 10.0. The minimum atomic E-state index is -0.774. The van der Waals surface area contributed by atoms with Gasteiger partial charge in [-0.2, -0.15) is 0 Å². The van der Waals surface area contributed by atoms with Crippen molar-refractivity contribution in [1.29, 1.82) is 0 Å². The van der Waals surface area contributed by atoms with Gasteiger partial charge in [0.15, 0.2) is 6.10 Å². The van der Waals surface area contributed by atoms with Crippen LogP contribution in [-0.4, -0.2) is 37.2 Å². The number of esters is 3. The van der Waals surface area contributed by atoms with E-state index in [2.05, 4.69) is 81.5 Å². The molecule has 0 saturated heterocycles. The molecule has 0 aliphatic rings. The second kappa shape index (κ2) is 69.6. The number of allylic oxidation sites excluding steroid dienone is 10. The maximum Gasteiger partial charge on any atom is 0.306 e. The highest BCUT2D eigenvalue weighted by molar-refractivity contribution is 5.71. The van der Waals surface area contributed by atoms with Crippen LogP contribution in [0.1, 0.15) is 380 Å². The van der Waals surface area contributed by atoms with Crippen LogP contribution in [0.25, 0.3) is 0 Å². The predicted molar refractivity (Wildman–Crippen MR) is 353 cm³/mol. The van der Waals surface area contributed by atoms with Crippen molar-refractivity contribution in [2.75, 3.05) is 13.2 Å². The third-order valence-electron chi connectivity index (χ3n) is 16.0. The first kappa shape index (κ1) is 78.1. The normalized spacial score (nSPS) is 12.4. The first-order valence-corrected chi connectivity index (χ1v) is 35.8. The first-order chi connectivity index (χ1) is 40.0. The molecule has 0 aromatic rings. The quantitative estimate of drug-likeness (QED) is 0.0261. The third kappa shape index (κ3) is 67.8. The molecule has 6 heteroatoms. The molecule has 0 aliphatic carbocycles. The molecule has 0 spiro atoms. The standard InChI is InChI=1S/C75H136O6/c1-4-7-10-13-16-19-22-24-26-28-30-32-34-36-37-39-40-42-44-46-48-50-53-56-59-62-65-68-74(77)80-71-72(70-79-73(76)67-64-61-58-55-52-21-18-15-12-9-6-3)81-75(78)69-66-63-60-57-54-51-49-47-45-43-41-38-35-33-31-29-27-25-23-20-17-14-11-8-5-2/h22-25,28-31,34,36,72H,4-21,26-27,32-33,35,37-71H2,1-3H3/b24-22-,25-23-,30-28-,31-29-,36-34-. The molecule has 0 aromatic carbocycles. The minimum Gasteiger partial charge on any atom is -0.462 e. The number of hydrogen-bond donors (Lipinski definition) is 0. The summed E-state index contributed by atoms with van der Waals surface area (Å²) in [7, 11) is 0. The Bertz CT molecular complexity index is 1440. The van der Waals surface area contributed by atoms with Gasteiger partial charge >= 0.3 is 17.9 Å². The van der Waals surface area contributed by atoms with Crippen molar-refractivity contribution in [3.05, 3.63) is 60.8 Å². The second-order valence-corrected chi connectivity index (χ2v) is 24.1. The van der Waals surface area contributed by atoms with Crippen LogP contribution in [0.3, 0.4) is 0 Å². The van der Waals surface area contributed by atoms with Crippen LogP contribution in [-0.2, 0) is 28.6 Å². The molecule has 1 atom stereocenters. The highest BCUT2D eigenvalue weighted by Gasteiger charge is 2.19. The van der Waals surface area contributed by atoms with Crippen molar-refractivity contribution in [3.63, 3.8) is 0 Å². The van der Waals surface area contributed by atoms with Crippen molar-refractivity contribution >= 4 is 17.9 Å². The van der Waals surface area contributed by atoms with Crippen LogP contribution >= 0.6 is 0 Å². The fourth-order valence-corrected chi connectivity index (χ4v) is 10.6. The van der Waals surface area contributed by atoms with Gasteiger partial charge in [-0.25, -0.2) is 0 Å². The van der Waals surface area contributed by atoms with E-state index >= 15 is 0 Å². The molecule has 6 nitrogen and oxygen atoms in total. The summed E-state index contributed by atoms with van der Waals surface area (Å²) in [5.74, 6) is -0.851. The number of unbranched alkanes of at least 4 members (excludes halogenated alkanes) is 45. The summed E-state index contributed by atoms with van der Waals surface area (Å²) >= 11 is 0. The zero-order chi connectivity index (χ0) is 58.5. The number of carbonyl (C=O) groups excluding carboxylic acids is 3.